The monoisotopic (exact) mass is 190 g/mol. The molecule has 0 amide bonds. The van der Waals surface area contributed by atoms with E-state index in [9.17, 15) is 4.39 Å². The van der Waals surface area contributed by atoms with Gasteiger partial charge in [0.25, 0.3) is 0 Å². The molecule has 1 heterocycles. The summed E-state index contributed by atoms with van der Waals surface area (Å²) in [4.78, 5) is 4.01. The third-order valence-corrected chi connectivity index (χ3v) is 1.84. The van der Waals surface area contributed by atoms with E-state index in [1.54, 1.807) is 6.21 Å². The summed E-state index contributed by atoms with van der Waals surface area (Å²) < 4.78 is 11.7. The largest absolute Gasteiger partial charge is 0.384 e. The number of alkyl halides is 2. The molecule has 1 N–H and O–H groups in total. The number of nitrogens with one attached hydrogen (secondary N) is 1. The van der Waals surface area contributed by atoms with Crippen LogP contribution in [0.1, 0.15) is 12.8 Å². The molecule has 0 saturated heterocycles. The lowest BCUT2D eigenvalue weighted by molar-refractivity contribution is 0.468. The van der Waals surface area contributed by atoms with Crippen LogP contribution in [0, 0.1) is 0 Å². The molecule has 0 aromatic rings. The van der Waals surface area contributed by atoms with Gasteiger partial charge in [-0.25, -0.2) is 0 Å². The summed E-state index contributed by atoms with van der Waals surface area (Å²) in [7, 11) is 0. The Morgan fingerprint density at radius 3 is 3.17 bits per heavy atom. The maximum atomic E-state index is 11.7. The van der Waals surface area contributed by atoms with Gasteiger partial charge in [0.1, 0.15) is 5.50 Å². The van der Waals surface area contributed by atoms with Gasteiger partial charge in [0.2, 0.25) is 0 Å². The Kier molecular flexibility index (Phi) is 4.08. The number of aliphatic imine (C=N–C) groups is 1. The lowest BCUT2D eigenvalue weighted by Crippen LogP contribution is -2.19. The van der Waals surface area contributed by atoms with Crippen LogP contribution in [0.4, 0.5) is 4.39 Å². The number of rotatable bonds is 4. The molecule has 68 valence electrons. The van der Waals surface area contributed by atoms with Crippen molar-refractivity contribution in [1.29, 1.82) is 0 Å². The molecule has 1 aliphatic heterocycles. The molecule has 0 aliphatic carbocycles. The summed E-state index contributed by atoms with van der Waals surface area (Å²) in [5, 5.41) is 3.06. The number of nitrogens with zero attached hydrogens (tertiary/aromatic N) is 1. The highest BCUT2D eigenvalue weighted by Crippen LogP contribution is 2.10. The SMILES string of the molecule is FCCCNC1=CCC(Cl)N=C1. The van der Waals surface area contributed by atoms with Crippen molar-refractivity contribution in [3.05, 3.63) is 11.8 Å². The average Bonchev–Trinajstić information content (AvgIpc) is 2.09. The van der Waals surface area contributed by atoms with Crippen LogP contribution < -0.4 is 5.32 Å². The van der Waals surface area contributed by atoms with Crippen LogP contribution in [0.25, 0.3) is 0 Å². The molecule has 12 heavy (non-hydrogen) atoms. The lowest BCUT2D eigenvalue weighted by Gasteiger charge is -2.11. The minimum absolute atomic E-state index is 0.128. The van der Waals surface area contributed by atoms with Crippen LogP contribution in [0.2, 0.25) is 0 Å². The number of hydrogen-bond acceptors (Lipinski definition) is 2. The van der Waals surface area contributed by atoms with Gasteiger partial charge in [-0.1, -0.05) is 17.7 Å². The summed E-state index contributed by atoms with van der Waals surface area (Å²) in [6.45, 7) is 0.372. The van der Waals surface area contributed by atoms with Crippen molar-refractivity contribution in [3.8, 4) is 0 Å². The van der Waals surface area contributed by atoms with Crippen molar-refractivity contribution in [2.24, 2.45) is 4.99 Å². The predicted octanol–water partition coefficient (Wildman–Crippen LogP) is 1.86. The van der Waals surface area contributed by atoms with E-state index < -0.39 is 0 Å². The van der Waals surface area contributed by atoms with Crippen LogP contribution in [-0.2, 0) is 0 Å². The first-order valence-corrected chi connectivity index (χ1v) is 4.44. The zero-order valence-corrected chi connectivity index (χ0v) is 7.52. The maximum absolute atomic E-state index is 11.7. The van der Waals surface area contributed by atoms with Crippen molar-refractivity contribution in [1.82, 2.24) is 5.32 Å². The number of allylic oxidation sites excluding steroid dienone is 1. The number of halogens is 2. The summed E-state index contributed by atoms with van der Waals surface area (Å²) >= 11 is 5.71. The van der Waals surface area contributed by atoms with Crippen LogP contribution in [0.3, 0.4) is 0 Å². The fourth-order valence-corrected chi connectivity index (χ4v) is 1.06. The van der Waals surface area contributed by atoms with Gasteiger partial charge >= 0.3 is 0 Å². The topological polar surface area (TPSA) is 24.4 Å². The van der Waals surface area contributed by atoms with Gasteiger partial charge in [0.05, 0.1) is 6.67 Å². The second kappa shape index (κ2) is 5.14. The van der Waals surface area contributed by atoms with Gasteiger partial charge in [-0.15, -0.1) is 0 Å². The highest BCUT2D eigenvalue weighted by Gasteiger charge is 2.04. The van der Waals surface area contributed by atoms with Crippen molar-refractivity contribution < 1.29 is 4.39 Å². The summed E-state index contributed by atoms with van der Waals surface area (Å²) in [5.74, 6) is 0. The van der Waals surface area contributed by atoms with E-state index in [1.807, 2.05) is 6.08 Å². The van der Waals surface area contributed by atoms with Crippen molar-refractivity contribution in [2.45, 2.75) is 18.3 Å². The second-order valence-corrected chi connectivity index (χ2v) is 3.08. The highest BCUT2D eigenvalue weighted by molar-refractivity contribution is 6.21. The Bertz CT molecular complexity index is 191. The Labute approximate surface area is 76.5 Å². The molecule has 1 aliphatic rings. The van der Waals surface area contributed by atoms with Gasteiger partial charge in [-0.3, -0.25) is 9.38 Å². The van der Waals surface area contributed by atoms with E-state index in [4.69, 9.17) is 11.6 Å². The molecule has 0 fully saturated rings. The molecular formula is C8H12ClFN2. The van der Waals surface area contributed by atoms with E-state index in [-0.39, 0.29) is 12.2 Å². The Morgan fingerprint density at radius 1 is 1.75 bits per heavy atom. The fraction of sp³-hybridized carbons (Fsp3) is 0.625. The molecule has 1 atom stereocenters. The van der Waals surface area contributed by atoms with Gasteiger partial charge in [0.15, 0.2) is 0 Å². The first kappa shape index (κ1) is 9.52. The second-order valence-electron chi connectivity index (χ2n) is 2.58. The van der Waals surface area contributed by atoms with E-state index in [1.165, 1.54) is 0 Å². The zero-order chi connectivity index (χ0) is 8.81. The number of hydrogen-bond donors (Lipinski definition) is 1. The van der Waals surface area contributed by atoms with E-state index in [0.29, 0.717) is 13.0 Å². The molecule has 0 saturated carbocycles. The molecule has 0 aromatic heterocycles. The highest BCUT2D eigenvalue weighted by atomic mass is 35.5. The first-order chi connectivity index (χ1) is 5.83. The van der Waals surface area contributed by atoms with Crippen molar-refractivity contribution in [3.63, 3.8) is 0 Å². The number of dihydropyridines is 1. The molecule has 4 heteroatoms. The normalized spacial score (nSPS) is 22.2. The fourth-order valence-electron chi connectivity index (χ4n) is 0.916. The molecule has 0 bridgehead atoms. The van der Waals surface area contributed by atoms with Crippen molar-refractivity contribution >= 4 is 17.8 Å². The Morgan fingerprint density at radius 2 is 2.58 bits per heavy atom. The molecule has 2 nitrogen and oxygen atoms in total. The van der Waals surface area contributed by atoms with Crippen LogP contribution in [0.15, 0.2) is 16.8 Å². The van der Waals surface area contributed by atoms with E-state index in [2.05, 4.69) is 10.3 Å². The molecule has 0 radical (unpaired) electrons. The third-order valence-electron chi connectivity index (χ3n) is 1.55. The Balaban J connectivity index is 2.21. The van der Waals surface area contributed by atoms with Crippen molar-refractivity contribution in [2.75, 3.05) is 13.2 Å². The molecule has 0 spiro atoms. The van der Waals surface area contributed by atoms with Gasteiger partial charge in [0, 0.05) is 24.9 Å². The van der Waals surface area contributed by atoms with Crippen LogP contribution >= 0.6 is 11.6 Å². The minimum Gasteiger partial charge on any atom is -0.384 e. The molecule has 1 unspecified atom stereocenters. The summed E-state index contributed by atoms with van der Waals surface area (Å²) in [6, 6.07) is 0. The molecule has 1 rings (SSSR count). The molecular weight excluding hydrogens is 179 g/mol. The third kappa shape index (κ3) is 3.22. The van der Waals surface area contributed by atoms with Gasteiger partial charge in [-0.2, -0.15) is 0 Å². The Hall–Kier alpha value is -0.570. The average molecular weight is 191 g/mol. The standard InChI is InChI=1S/C8H12ClFN2/c9-8-3-2-7(6-12-8)11-5-1-4-10/h2,6,8,11H,1,3-5H2. The zero-order valence-electron chi connectivity index (χ0n) is 6.76. The first-order valence-electron chi connectivity index (χ1n) is 4.00. The predicted molar refractivity (Wildman–Crippen MR) is 49.4 cm³/mol. The lowest BCUT2D eigenvalue weighted by atomic mass is 10.3. The maximum Gasteiger partial charge on any atom is 0.127 e. The quantitative estimate of drug-likeness (QED) is 0.409. The minimum atomic E-state index is -0.282. The van der Waals surface area contributed by atoms with Crippen LogP contribution in [0.5, 0.6) is 0 Å². The smallest absolute Gasteiger partial charge is 0.127 e. The van der Waals surface area contributed by atoms with Gasteiger partial charge in [-0.05, 0) is 6.42 Å². The summed E-state index contributed by atoms with van der Waals surface area (Å²) in [5.41, 5.74) is 0.817. The van der Waals surface area contributed by atoms with E-state index >= 15 is 0 Å². The van der Waals surface area contributed by atoms with E-state index in [0.717, 1.165) is 12.1 Å². The van der Waals surface area contributed by atoms with Crippen LogP contribution in [-0.4, -0.2) is 24.9 Å². The molecule has 0 aromatic carbocycles. The van der Waals surface area contributed by atoms with Gasteiger partial charge < -0.3 is 5.32 Å². The summed E-state index contributed by atoms with van der Waals surface area (Å²) in [6.07, 6.45) is 4.95.